The van der Waals surface area contributed by atoms with Gasteiger partial charge in [0.05, 0.1) is 0 Å². The van der Waals surface area contributed by atoms with Gasteiger partial charge in [-0.25, -0.2) is 0 Å². The molecule has 10 radical (unpaired) electrons. The molecule has 2 aromatic carbocycles. The molecule has 0 amide bonds. The summed E-state index contributed by atoms with van der Waals surface area (Å²) in [5.41, 5.74) is 2.54. The van der Waals surface area contributed by atoms with Gasteiger partial charge in [0, 0.05) is 9.50 Å². The van der Waals surface area contributed by atoms with Crippen molar-refractivity contribution in [2.45, 2.75) is 0 Å². The van der Waals surface area contributed by atoms with Crippen LogP contribution in [0.3, 0.4) is 0 Å². The van der Waals surface area contributed by atoms with Crippen LogP contribution in [0, 0.1) is 0 Å². The first kappa shape index (κ1) is 14.9. The van der Waals surface area contributed by atoms with Crippen molar-refractivity contribution in [1.82, 2.24) is 0 Å². The van der Waals surface area contributed by atoms with Crippen molar-refractivity contribution >= 4 is 94.1 Å². The maximum absolute atomic E-state index is 6.00. The van der Waals surface area contributed by atoms with Crippen LogP contribution in [0.5, 0.6) is 0 Å². The Morgan fingerprint density at radius 2 is 1.26 bits per heavy atom. The fraction of sp³-hybridized carbons (Fsp3) is 0. The number of hydrogen-bond donors (Lipinski definition) is 0. The molecule has 0 fully saturated rings. The Bertz CT molecular complexity index is 643. The SMILES string of the molecule is [B]c1c([B])c([B])c(-c2ccc(Cl)cc2Br)c([B])c1[B]. The first-order chi connectivity index (χ1) is 8.84. The monoisotopic (exact) mass is 316 g/mol. The van der Waals surface area contributed by atoms with Crippen LogP contribution in [0.1, 0.15) is 0 Å². The van der Waals surface area contributed by atoms with Gasteiger partial charge in [0.15, 0.2) is 0 Å². The van der Waals surface area contributed by atoms with E-state index in [1.807, 2.05) is 0 Å². The maximum atomic E-state index is 6.00. The van der Waals surface area contributed by atoms with E-state index in [9.17, 15) is 0 Å². The lowest BCUT2D eigenvalue weighted by Gasteiger charge is -2.22. The van der Waals surface area contributed by atoms with Crippen LogP contribution < -0.4 is 27.3 Å². The number of rotatable bonds is 1. The van der Waals surface area contributed by atoms with Crippen LogP contribution in [0.15, 0.2) is 22.7 Å². The molecule has 0 saturated carbocycles. The summed E-state index contributed by atoms with van der Waals surface area (Å²) in [5, 5.41) is 0.587. The van der Waals surface area contributed by atoms with Crippen molar-refractivity contribution in [2.75, 3.05) is 0 Å². The molecule has 0 bridgehead atoms. The molecule has 0 aliphatic carbocycles. The molecule has 7 heteroatoms. The van der Waals surface area contributed by atoms with E-state index in [1.165, 1.54) is 0 Å². The summed E-state index contributed by atoms with van der Waals surface area (Å²) in [6, 6.07) is 5.24. The highest BCUT2D eigenvalue weighted by molar-refractivity contribution is 9.10. The highest BCUT2D eigenvalue weighted by Gasteiger charge is 2.14. The molecule has 19 heavy (non-hydrogen) atoms. The summed E-state index contributed by atoms with van der Waals surface area (Å²) in [6.07, 6.45) is 0. The topological polar surface area (TPSA) is 0 Å². The second kappa shape index (κ2) is 5.50. The minimum absolute atomic E-state index is 0.198. The largest absolute Gasteiger partial charge is 0.113 e. The van der Waals surface area contributed by atoms with Gasteiger partial charge in [0.1, 0.15) is 39.2 Å². The minimum atomic E-state index is 0.198. The van der Waals surface area contributed by atoms with Crippen LogP contribution in [0.4, 0.5) is 0 Å². The number of hydrogen-bond acceptors (Lipinski definition) is 0. The Morgan fingerprint density at radius 1 is 0.789 bits per heavy atom. The smallest absolute Gasteiger partial charge is 0.112 e. The third-order valence-corrected chi connectivity index (χ3v) is 3.79. The lowest BCUT2D eigenvalue weighted by atomic mass is 9.60. The average molecular weight is 317 g/mol. The van der Waals surface area contributed by atoms with Gasteiger partial charge in [0.25, 0.3) is 0 Å². The van der Waals surface area contributed by atoms with Crippen molar-refractivity contribution in [3.63, 3.8) is 0 Å². The van der Waals surface area contributed by atoms with E-state index in [0.717, 1.165) is 10.0 Å². The van der Waals surface area contributed by atoms with Crippen LogP contribution in [0.25, 0.3) is 11.1 Å². The minimum Gasteiger partial charge on any atom is -0.112 e. The summed E-state index contributed by atoms with van der Waals surface area (Å²) in [6.45, 7) is 0. The molecular weight excluding hydrogens is 314 g/mol. The van der Waals surface area contributed by atoms with Gasteiger partial charge in [0.2, 0.25) is 0 Å². The molecule has 0 atom stereocenters. The number of halogens is 2. The first-order valence-corrected chi connectivity index (χ1v) is 6.48. The molecule has 0 saturated heterocycles. The molecule has 0 aliphatic heterocycles. The predicted molar refractivity (Wildman–Crippen MR) is 91.5 cm³/mol. The quantitative estimate of drug-likeness (QED) is 0.576. The first-order valence-electron chi connectivity index (χ1n) is 5.31. The second-order valence-electron chi connectivity index (χ2n) is 4.07. The number of benzene rings is 2. The van der Waals surface area contributed by atoms with E-state index in [-0.39, 0.29) is 16.4 Å². The van der Waals surface area contributed by atoms with Gasteiger partial charge in [-0.1, -0.05) is 44.5 Å². The molecule has 2 rings (SSSR count). The Balaban J connectivity index is 2.83. The zero-order chi connectivity index (χ0) is 14.3. The van der Waals surface area contributed by atoms with Crippen LogP contribution in [-0.2, 0) is 0 Å². The van der Waals surface area contributed by atoms with Crippen LogP contribution in [-0.4, -0.2) is 39.2 Å². The van der Waals surface area contributed by atoms with Gasteiger partial charge in [-0.3, -0.25) is 0 Å². The van der Waals surface area contributed by atoms with Gasteiger partial charge < -0.3 is 0 Å². The zero-order valence-corrected chi connectivity index (χ0v) is 12.2. The molecule has 0 heterocycles. The third kappa shape index (κ3) is 2.58. The second-order valence-corrected chi connectivity index (χ2v) is 5.36. The van der Waals surface area contributed by atoms with E-state index < -0.39 is 0 Å². The highest BCUT2D eigenvalue weighted by Crippen LogP contribution is 2.28. The Labute approximate surface area is 132 Å². The van der Waals surface area contributed by atoms with Crippen molar-refractivity contribution in [1.29, 1.82) is 0 Å². The summed E-state index contributed by atoms with van der Waals surface area (Å²) >= 11 is 9.32. The van der Waals surface area contributed by atoms with Crippen molar-refractivity contribution in [2.24, 2.45) is 0 Å². The van der Waals surface area contributed by atoms with Crippen molar-refractivity contribution < 1.29 is 0 Å². The molecule has 0 spiro atoms. The standard InChI is InChI=1S/C12H3B5BrCl/c13-8-7(5-2-1-4(19)3-6(5)18)9(14)11(16)12(17)10(8)15/h1-3H. The molecule has 0 aromatic heterocycles. The summed E-state index contributed by atoms with van der Waals surface area (Å²) in [5.74, 6) is 0. The average Bonchev–Trinajstić information content (AvgIpc) is 2.37. The highest BCUT2D eigenvalue weighted by atomic mass is 79.9. The van der Waals surface area contributed by atoms with Gasteiger partial charge in [-0.05, 0) is 23.3 Å². The molecule has 0 aliphatic rings. The van der Waals surface area contributed by atoms with Gasteiger partial charge >= 0.3 is 0 Å². The van der Waals surface area contributed by atoms with Crippen LogP contribution in [0.2, 0.25) is 5.02 Å². The van der Waals surface area contributed by atoms with Crippen LogP contribution >= 0.6 is 27.5 Å². The summed E-state index contributed by atoms with van der Waals surface area (Å²) in [4.78, 5) is 0. The Hall–Kier alpha value is -0.465. The lowest BCUT2D eigenvalue weighted by Crippen LogP contribution is -2.55. The van der Waals surface area contributed by atoms with E-state index in [0.29, 0.717) is 21.5 Å². The van der Waals surface area contributed by atoms with Crippen molar-refractivity contribution in [3.8, 4) is 11.1 Å². The summed E-state index contributed by atoms with van der Waals surface area (Å²) < 4.78 is 0.738. The molecule has 0 unspecified atom stereocenters. The van der Waals surface area contributed by atoms with E-state index in [4.69, 9.17) is 50.8 Å². The Kier molecular flexibility index (Phi) is 4.32. The van der Waals surface area contributed by atoms with E-state index in [1.54, 1.807) is 18.2 Å². The molecular formula is C12H3B5BrCl. The Morgan fingerprint density at radius 3 is 1.74 bits per heavy atom. The molecule has 2 aromatic rings. The molecule has 0 nitrogen and oxygen atoms in total. The van der Waals surface area contributed by atoms with E-state index in [2.05, 4.69) is 15.9 Å². The van der Waals surface area contributed by atoms with Gasteiger partial charge in [-0.2, -0.15) is 0 Å². The van der Waals surface area contributed by atoms with Crippen molar-refractivity contribution in [3.05, 3.63) is 27.7 Å². The maximum Gasteiger partial charge on any atom is 0.113 e. The lowest BCUT2D eigenvalue weighted by molar-refractivity contribution is 1.63. The fourth-order valence-corrected chi connectivity index (χ4v) is 2.71. The van der Waals surface area contributed by atoms with E-state index >= 15 is 0 Å². The zero-order valence-electron chi connectivity index (χ0n) is 9.87. The third-order valence-electron chi connectivity index (χ3n) is 2.90. The molecule has 0 N–H and O–H groups in total. The summed E-state index contributed by atoms with van der Waals surface area (Å²) in [7, 11) is 29.4. The normalized spacial score (nSPS) is 10.6. The fourth-order valence-electron chi connectivity index (χ4n) is 1.83. The predicted octanol–water partition coefficient (Wildman–Crippen LogP) is -1.26. The van der Waals surface area contributed by atoms with Gasteiger partial charge in [-0.15, -0.1) is 16.4 Å². The molecule has 80 valence electrons.